The van der Waals surface area contributed by atoms with Crippen LogP contribution in [0.5, 0.6) is 0 Å². The van der Waals surface area contributed by atoms with E-state index in [0.29, 0.717) is 6.04 Å². The van der Waals surface area contributed by atoms with Gasteiger partial charge in [-0.05, 0) is 26.7 Å². The van der Waals surface area contributed by atoms with E-state index in [2.05, 4.69) is 15.3 Å². The molecule has 1 aromatic heterocycles. The summed E-state index contributed by atoms with van der Waals surface area (Å²) in [5, 5.41) is 3.48. The molecule has 1 fully saturated rings. The van der Waals surface area contributed by atoms with Crippen LogP contribution < -0.4 is 11.1 Å². The minimum absolute atomic E-state index is 0.244. The minimum atomic E-state index is 0.244. The topological polar surface area (TPSA) is 63.8 Å². The zero-order chi connectivity index (χ0) is 12.3. The van der Waals surface area contributed by atoms with Crippen LogP contribution in [0.2, 0.25) is 0 Å². The van der Waals surface area contributed by atoms with E-state index in [9.17, 15) is 0 Å². The minimum Gasteiger partial charge on any atom is -0.366 e. The average molecular weight is 234 g/mol. The Morgan fingerprint density at radius 1 is 1.18 bits per heavy atom. The number of nitrogens with two attached hydrogens (primary N) is 1. The molecule has 4 nitrogen and oxygen atoms in total. The Morgan fingerprint density at radius 3 is 2.71 bits per heavy atom. The van der Waals surface area contributed by atoms with Crippen molar-refractivity contribution in [1.82, 2.24) is 9.97 Å². The number of hydrogen-bond donors (Lipinski definition) is 2. The van der Waals surface area contributed by atoms with E-state index in [4.69, 9.17) is 5.73 Å². The van der Waals surface area contributed by atoms with Crippen molar-refractivity contribution in [3.05, 3.63) is 17.6 Å². The molecule has 2 unspecified atom stereocenters. The predicted octanol–water partition coefficient (Wildman–Crippen LogP) is 2.17. The zero-order valence-corrected chi connectivity index (χ0v) is 10.7. The van der Waals surface area contributed by atoms with Gasteiger partial charge in [-0.1, -0.05) is 19.3 Å². The molecular formula is C13H22N4. The maximum atomic E-state index is 6.20. The second-order valence-electron chi connectivity index (χ2n) is 4.99. The molecule has 1 aromatic rings. The number of nitrogens with one attached hydrogen (secondary N) is 1. The molecule has 0 aromatic carbocycles. The van der Waals surface area contributed by atoms with Gasteiger partial charge < -0.3 is 11.1 Å². The van der Waals surface area contributed by atoms with Gasteiger partial charge in [0.1, 0.15) is 11.6 Å². The van der Waals surface area contributed by atoms with E-state index in [1.54, 1.807) is 0 Å². The van der Waals surface area contributed by atoms with Crippen molar-refractivity contribution in [2.45, 2.75) is 58.0 Å². The van der Waals surface area contributed by atoms with Crippen molar-refractivity contribution >= 4 is 5.82 Å². The van der Waals surface area contributed by atoms with Gasteiger partial charge in [0.2, 0.25) is 0 Å². The molecule has 1 saturated carbocycles. The molecule has 0 spiro atoms. The van der Waals surface area contributed by atoms with Crippen molar-refractivity contribution in [3.63, 3.8) is 0 Å². The first-order valence-corrected chi connectivity index (χ1v) is 6.49. The smallest absolute Gasteiger partial charge is 0.130 e. The summed E-state index contributed by atoms with van der Waals surface area (Å²) in [7, 11) is 0. The monoisotopic (exact) mass is 234 g/mol. The van der Waals surface area contributed by atoms with E-state index in [0.717, 1.165) is 30.2 Å². The van der Waals surface area contributed by atoms with Gasteiger partial charge in [-0.25, -0.2) is 9.97 Å². The predicted molar refractivity (Wildman–Crippen MR) is 70.0 cm³/mol. The lowest BCUT2D eigenvalue weighted by molar-refractivity contribution is 0.526. The van der Waals surface area contributed by atoms with E-state index in [-0.39, 0.29) is 6.04 Å². The SMILES string of the molecule is Cc1cc(NC2CCCCCC2N)nc(C)n1. The van der Waals surface area contributed by atoms with Crippen molar-refractivity contribution in [1.29, 1.82) is 0 Å². The summed E-state index contributed by atoms with van der Waals surface area (Å²) >= 11 is 0. The quantitative estimate of drug-likeness (QED) is 0.770. The van der Waals surface area contributed by atoms with Crippen molar-refractivity contribution < 1.29 is 0 Å². The standard InChI is InChI=1S/C13H22N4/c1-9-8-13(16-10(2)15-9)17-12-7-5-3-4-6-11(12)14/h8,11-12H,3-7,14H2,1-2H3,(H,15,16,17). The number of rotatable bonds is 2. The summed E-state index contributed by atoms with van der Waals surface area (Å²) in [5.74, 6) is 1.73. The molecule has 0 bridgehead atoms. The first-order valence-electron chi connectivity index (χ1n) is 6.49. The molecule has 2 atom stereocenters. The highest BCUT2D eigenvalue weighted by atomic mass is 15.1. The van der Waals surface area contributed by atoms with Gasteiger partial charge in [0.05, 0.1) is 0 Å². The van der Waals surface area contributed by atoms with Crippen molar-refractivity contribution in [3.8, 4) is 0 Å². The highest BCUT2D eigenvalue weighted by molar-refractivity contribution is 5.37. The van der Waals surface area contributed by atoms with Crippen LogP contribution in [0.25, 0.3) is 0 Å². The number of nitrogens with zero attached hydrogens (tertiary/aromatic N) is 2. The Morgan fingerprint density at radius 2 is 1.94 bits per heavy atom. The third-order valence-corrected chi connectivity index (χ3v) is 3.37. The zero-order valence-electron chi connectivity index (χ0n) is 10.7. The fourth-order valence-electron chi connectivity index (χ4n) is 2.50. The van der Waals surface area contributed by atoms with Crippen LogP contribution in [-0.4, -0.2) is 22.1 Å². The van der Waals surface area contributed by atoms with Crippen LogP contribution >= 0.6 is 0 Å². The fraction of sp³-hybridized carbons (Fsp3) is 0.692. The number of hydrogen-bond acceptors (Lipinski definition) is 4. The Balaban J connectivity index is 2.07. The van der Waals surface area contributed by atoms with Gasteiger partial charge in [-0.15, -0.1) is 0 Å². The lowest BCUT2D eigenvalue weighted by Crippen LogP contribution is -2.39. The molecule has 1 aliphatic rings. The maximum absolute atomic E-state index is 6.20. The Hall–Kier alpha value is -1.16. The van der Waals surface area contributed by atoms with Crippen LogP contribution in [0.15, 0.2) is 6.07 Å². The second kappa shape index (κ2) is 5.45. The summed E-state index contributed by atoms with van der Waals surface area (Å²) in [4.78, 5) is 8.70. The molecule has 17 heavy (non-hydrogen) atoms. The van der Waals surface area contributed by atoms with E-state index >= 15 is 0 Å². The Bertz CT molecular complexity index is 357. The van der Waals surface area contributed by atoms with Crippen LogP contribution in [-0.2, 0) is 0 Å². The number of aromatic nitrogens is 2. The van der Waals surface area contributed by atoms with Crippen LogP contribution in [0, 0.1) is 13.8 Å². The average Bonchev–Trinajstić information content (AvgIpc) is 2.43. The molecule has 0 amide bonds. The Kier molecular flexibility index (Phi) is 3.94. The van der Waals surface area contributed by atoms with Gasteiger partial charge in [-0.2, -0.15) is 0 Å². The molecule has 0 radical (unpaired) electrons. The molecule has 1 aliphatic carbocycles. The van der Waals surface area contributed by atoms with E-state index in [1.807, 2.05) is 19.9 Å². The van der Waals surface area contributed by atoms with Crippen LogP contribution in [0.4, 0.5) is 5.82 Å². The summed E-state index contributed by atoms with van der Waals surface area (Å²) in [5.41, 5.74) is 7.20. The maximum Gasteiger partial charge on any atom is 0.130 e. The fourth-order valence-corrected chi connectivity index (χ4v) is 2.50. The van der Waals surface area contributed by atoms with Gasteiger partial charge in [0.15, 0.2) is 0 Å². The van der Waals surface area contributed by atoms with Crippen LogP contribution in [0.3, 0.4) is 0 Å². The first-order chi connectivity index (χ1) is 8.15. The molecular weight excluding hydrogens is 212 g/mol. The van der Waals surface area contributed by atoms with Crippen molar-refractivity contribution in [2.75, 3.05) is 5.32 Å². The molecule has 94 valence electrons. The molecule has 0 saturated heterocycles. The molecule has 2 rings (SSSR count). The second-order valence-corrected chi connectivity index (χ2v) is 4.99. The molecule has 4 heteroatoms. The molecule has 1 heterocycles. The van der Waals surface area contributed by atoms with Crippen molar-refractivity contribution in [2.24, 2.45) is 5.73 Å². The lowest BCUT2D eigenvalue weighted by atomic mass is 10.0. The normalized spacial score (nSPS) is 25.4. The van der Waals surface area contributed by atoms with Gasteiger partial charge >= 0.3 is 0 Å². The number of anilines is 1. The highest BCUT2D eigenvalue weighted by Crippen LogP contribution is 2.20. The third-order valence-electron chi connectivity index (χ3n) is 3.37. The summed E-state index contributed by atoms with van der Waals surface area (Å²) in [6.45, 7) is 3.91. The highest BCUT2D eigenvalue weighted by Gasteiger charge is 2.20. The van der Waals surface area contributed by atoms with Gasteiger partial charge in [0, 0.05) is 23.8 Å². The first kappa shape index (κ1) is 12.3. The largest absolute Gasteiger partial charge is 0.366 e. The van der Waals surface area contributed by atoms with Gasteiger partial charge in [0.25, 0.3) is 0 Å². The Labute approximate surface area is 103 Å². The third kappa shape index (κ3) is 3.40. The summed E-state index contributed by atoms with van der Waals surface area (Å²) in [6, 6.07) is 2.59. The van der Waals surface area contributed by atoms with Gasteiger partial charge in [-0.3, -0.25) is 0 Å². The van der Waals surface area contributed by atoms with E-state index in [1.165, 1.54) is 19.3 Å². The number of aryl methyl sites for hydroxylation is 2. The molecule has 0 aliphatic heterocycles. The van der Waals surface area contributed by atoms with Crippen LogP contribution in [0.1, 0.15) is 43.6 Å². The lowest BCUT2D eigenvalue weighted by Gasteiger charge is -2.23. The van der Waals surface area contributed by atoms with E-state index < -0.39 is 0 Å². The molecule has 3 N–H and O–H groups in total. The summed E-state index contributed by atoms with van der Waals surface area (Å²) < 4.78 is 0. The summed E-state index contributed by atoms with van der Waals surface area (Å²) in [6.07, 6.45) is 6.06.